The van der Waals surface area contributed by atoms with E-state index in [0.29, 0.717) is 10.7 Å². The topological polar surface area (TPSA) is 72.7 Å². The Hall–Kier alpha value is -2.38. The summed E-state index contributed by atoms with van der Waals surface area (Å²) < 4.78 is 2.05. The number of amides is 1. The van der Waals surface area contributed by atoms with E-state index in [0.717, 1.165) is 35.9 Å². The summed E-state index contributed by atoms with van der Waals surface area (Å²) in [6.07, 6.45) is 5.56. The highest BCUT2D eigenvalue weighted by Crippen LogP contribution is 2.25. The molecule has 0 aliphatic heterocycles. The van der Waals surface area contributed by atoms with Gasteiger partial charge in [-0.15, -0.1) is 10.2 Å². The van der Waals surface area contributed by atoms with Gasteiger partial charge < -0.3 is 9.88 Å². The highest BCUT2D eigenvalue weighted by atomic mass is 35.5. The van der Waals surface area contributed by atoms with Crippen molar-refractivity contribution in [3.8, 4) is 11.4 Å². The van der Waals surface area contributed by atoms with E-state index in [-0.39, 0.29) is 11.7 Å². The molecule has 0 radical (unpaired) electrons. The summed E-state index contributed by atoms with van der Waals surface area (Å²) >= 11 is 7.45. The number of pyridine rings is 1. The first-order valence-corrected chi connectivity index (χ1v) is 10.1. The molecule has 1 aromatic carbocycles. The molecule has 0 saturated carbocycles. The first-order chi connectivity index (χ1) is 13.2. The Morgan fingerprint density at radius 3 is 2.81 bits per heavy atom. The van der Waals surface area contributed by atoms with Crippen LogP contribution in [0, 0.1) is 0 Å². The van der Waals surface area contributed by atoms with Crippen LogP contribution in [0.1, 0.15) is 19.8 Å². The number of nitrogens with one attached hydrogen (secondary N) is 1. The summed E-state index contributed by atoms with van der Waals surface area (Å²) in [6.45, 7) is 2.93. The van der Waals surface area contributed by atoms with Gasteiger partial charge in [0, 0.05) is 24.5 Å². The van der Waals surface area contributed by atoms with Crippen LogP contribution in [0.4, 0.5) is 5.69 Å². The van der Waals surface area contributed by atoms with Gasteiger partial charge in [-0.25, -0.2) is 0 Å². The second kappa shape index (κ2) is 9.53. The largest absolute Gasteiger partial charge is 0.324 e. The maximum atomic E-state index is 12.3. The predicted molar refractivity (Wildman–Crippen MR) is 109 cm³/mol. The molecule has 6 nitrogen and oxygen atoms in total. The molecule has 0 fully saturated rings. The van der Waals surface area contributed by atoms with E-state index in [9.17, 15) is 4.79 Å². The number of hydrogen-bond acceptors (Lipinski definition) is 5. The normalized spacial score (nSPS) is 10.7. The fourth-order valence-electron chi connectivity index (χ4n) is 2.50. The number of hydrogen-bond donors (Lipinski definition) is 1. The molecular weight excluding hydrogens is 382 g/mol. The van der Waals surface area contributed by atoms with E-state index in [4.69, 9.17) is 11.6 Å². The second-order valence-corrected chi connectivity index (χ2v) is 7.22. The first-order valence-electron chi connectivity index (χ1n) is 8.69. The van der Waals surface area contributed by atoms with Crippen molar-refractivity contribution < 1.29 is 4.79 Å². The number of carbonyl (C=O) groups is 1. The van der Waals surface area contributed by atoms with Crippen molar-refractivity contribution >= 4 is 35.0 Å². The molecule has 3 aromatic rings. The number of anilines is 1. The first kappa shape index (κ1) is 19.4. The summed E-state index contributed by atoms with van der Waals surface area (Å²) in [4.78, 5) is 16.4. The molecular formula is C19H20ClN5OS. The molecule has 0 atom stereocenters. The molecule has 140 valence electrons. The van der Waals surface area contributed by atoms with Crippen LogP contribution in [0.3, 0.4) is 0 Å². The smallest absolute Gasteiger partial charge is 0.234 e. The summed E-state index contributed by atoms with van der Waals surface area (Å²) in [6, 6.07) is 11.0. The average molecular weight is 402 g/mol. The number of nitrogens with zero attached hydrogens (tertiary/aromatic N) is 4. The molecule has 3 rings (SSSR count). The maximum Gasteiger partial charge on any atom is 0.234 e. The third-order valence-corrected chi connectivity index (χ3v) is 5.15. The summed E-state index contributed by atoms with van der Waals surface area (Å²) in [5, 5.41) is 12.7. The van der Waals surface area contributed by atoms with Crippen LogP contribution in [0.25, 0.3) is 11.4 Å². The number of para-hydroxylation sites is 1. The molecule has 1 N–H and O–H groups in total. The van der Waals surface area contributed by atoms with E-state index < -0.39 is 0 Å². The Balaban J connectivity index is 1.71. The third kappa shape index (κ3) is 5.08. The van der Waals surface area contributed by atoms with Gasteiger partial charge in [0.2, 0.25) is 5.91 Å². The van der Waals surface area contributed by atoms with Gasteiger partial charge in [0.25, 0.3) is 0 Å². The van der Waals surface area contributed by atoms with E-state index >= 15 is 0 Å². The lowest BCUT2D eigenvalue weighted by Crippen LogP contribution is -2.15. The molecule has 0 saturated heterocycles. The molecule has 1 amide bonds. The van der Waals surface area contributed by atoms with Crippen LogP contribution < -0.4 is 5.32 Å². The van der Waals surface area contributed by atoms with Crippen molar-refractivity contribution in [2.75, 3.05) is 11.1 Å². The minimum Gasteiger partial charge on any atom is -0.324 e. The summed E-state index contributed by atoms with van der Waals surface area (Å²) in [7, 11) is 0. The molecule has 0 spiro atoms. The van der Waals surface area contributed by atoms with Crippen molar-refractivity contribution in [2.24, 2.45) is 0 Å². The maximum absolute atomic E-state index is 12.3. The van der Waals surface area contributed by atoms with Crippen LogP contribution in [-0.2, 0) is 11.3 Å². The Labute approximate surface area is 167 Å². The van der Waals surface area contributed by atoms with Gasteiger partial charge >= 0.3 is 0 Å². The van der Waals surface area contributed by atoms with Crippen LogP contribution in [0.5, 0.6) is 0 Å². The number of halogens is 1. The summed E-state index contributed by atoms with van der Waals surface area (Å²) in [5.41, 5.74) is 1.52. The highest BCUT2D eigenvalue weighted by Gasteiger charge is 2.16. The minimum absolute atomic E-state index is 0.138. The third-order valence-electron chi connectivity index (χ3n) is 3.85. The van der Waals surface area contributed by atoms with Gasteiger partial charge in [-0.2, -0.15) is 0 Å². The van der Waals surface area contributed by atoms with Gasteiger partial charge in [-0.1, -0.05) is 48.8 Å². The molecule has 8 heteroatoms. The Bertz CT molecular complexity index is 900. The number of unbranched alkanes of at least 4 members (excludes halogenated alkanes) is 1. The van der Waals surface area contributed by atoms with Crippen molar-refractivity contribution in [1.29, 1.82) is 0 Å². The van der Waals surface area contributed by atoms with Crippen molar-refractivity contribution in [2.45, 2.75) is 31.5 Å². The zero-order chi connectivity index (χ0) is 19.1. The van der Waals surface area contributed by atoms with Gasteiger partial charge in [0.1, 0.15) is 0 Å². The molecule has 2 aromatic heterocycles. The predicted octanol–water partition coefficient (Wildman–Crippen LogP) is 4.52. The fourth-order valence-corrected chi connectivity index (χ4v) is 3.45. The zero-order valence-corrected chi connectivity index (χ0v) is 16.5. The molecule has 27 heavy (non-hydrogen) atoms. The average Bonchev–Trinajstić information content (AvgIpc) is 3.10. The Kier molecular flexibility index (Phi) is 6.84. The zero-order valence-electron chi connectivity index (χ0n) is 14.9. The quantitative estimate of drug-likeness (QED) is 0.561. The number of carbonyl (C=O) groups excluding carboxylic acids is 1. The lowest BCUT2D eigenvalue weighted by atomic mass is 10.2. The number of rotatable bonds is 8. The molecule has 0 bridgehead atoms. The molecule has 2 heterocycles. The standard InChI is InChI=1S/C19H20ClN5OS/c1-2-3-11-25-18(14-7-6-10-21-12-14)23-24-19(25)27-13-17(26)22-16-9-5-4-8-15(16)20/h4-10,12H,2-3,11,13H2,1H3,(H,22,26). The van der Waals surface area contributed by atoms with E-state index in [1.165, 1.54) is 11.8 Å². The monoisotopic (exact) mass is 401 g/mol. The number of thioether (sulfide) groups is 1. The molecule has 0 aliphatic carbocycles. The van der Waals surface area contributed by atoms with Crippen LogP contribution in [0.2, 0.25) is 5.02 Å². The van der Waals surface area contributed by atoms with Gasteiger partial charge in [0.15, 0.2) is 11.0 Å². The molecule has 0 unspecified atom stereocenters. The van der Waals surface area contributed by atoms with Gasteiger partial charge in [0.05, 0.1) is 16.5 Å². The van der Waals surface area contributed by atoms with Crippen molar-refractivity contribution in [3.05, 3.63) is 53.8 Å². The highest BCUT2D eigenvalue weighted by molar-refractivity contribution is 7.99. The number of aromatic nitrogens is 4. The molecule has 0 aliphatic rings. The fraction of sp³-hybridized carbons (Fsp3) is 0.263. The van der Waals surface area contributed by atoms with E-state index in [2.05, 4.69) is 27.4 Å². The number of benzene rings is 1. The van der Waals surface area contributed by atoms with Crippen LogP contribution in [0.15, 0.2) is 53.9 Å². The summed E-state index contributed by atoms with van der Waals surface area (Å²) in [5.74, 6) is 0.856. The van der Waals surface area contributed by atoms with Crippen molar-refractivity contribution in [3.63, 3.8) is 0 Å². The van der Waals surface area contributed by atoms with Crippen LogP contribution >= 0.6 is 23.4 Å². The van der Waals surface area contributed by atoms with Crippen LogP contribution in [-0.4, -0.2) is 31.4 Å². The minimum atomic E-state index is -0.138. The van der Waals surface area contributed by atoms with Gasteiger partial charge in [-0.3, -0.25) is 9.78 Å². The Morgan fingerprint density at radius 2 is 2.07 bits per heavy atom. The lowest BCUT2D eigenvalue weighted by molar-refractivity contribution is -0.113. The second-order valence-electron chi connectivity index (χ2n) is 5.87. The van der Waals surface area contributed by atoms with Gasteiger partial charge in [-0.05, 0) is 30.7 Å². The lowest BCUT2D eigenvalue weighted by Gasteiger charge is -2.10. The van der Waals surface area contributed by atoms with E-state index in [1.807, 2.05) is 28.8 Å². The SMILES string of the molecule is CCCCn1c(SCC(=O)Nc2ccccc2Cl)nnc1-c1cccnc1. The van der Waals surface area contributed by atoms with Crippen molar-refractivity contribution in [1.82, 2.24) is 19.7 Å². The van der Waals surface area contributed by atoms with E-state index in [1.54, 1.807) is 24.5 Å². The Morgan fingerprint density at radius 1 is 1.22 bits per heavy atom.